The van der Waals surface area contributed by atoms with Gasteiger partial charge in [-0.3, -0.25) is 0 Å². The Bertz CT molecular complexity index is 814. The summed E-state index contributed by atoms with van der Waals surface area (Å²) in [7, 11) is 1.46. The number of aromatic nitrogens is 4. The number of methoxy groups -OCH3 is 1. The monoisotopic (exact) mass is 331 g/mol. The average molecular weight is 331 g/mol. The van der Waals surface area contributed by atoms with Crippen LogP contribution >= 0.6 is 0 Å². The largest absolute Gasteiger partial charge is 0.504 e. The lowest BCUT2D eigenvalue weighted by Gasteiger charge is -2.27. The first kappa shape index (κ1) is 15.8. The van der Waals surface area contributed by atoms with E-state index in [0.717, 1.165) is 0 Å². The topological polar surface area (TPSA) is 111 Å². The van der Waals surface area contributed by atoms with E-state index < -0.39 is 12.0 Å². The van der Waals surface area contributed by atoms with Crippen molar-refractivity contribution in [2.75, 3.05) is 19.0 Å². The average Bonchev–Trinajstić information content (AvgIpc) is 3.02. The summed E-state index contributed by atoms with van der Waals surface area (Å²) in [5.41, 5.74) is 1.68. The molecule has 1 aliphatic rings. The summed E-state index contributed by atoms with van der Waals surface area (Å²) in [5.74, 6) is 0.255. The molecule has 0 radical (unpaired) electrons. The summed E-state index contributed by atoms with van der Waals surface area (Å²) < 4.78 is 11.8. The maximum absolute atomic E-state index is 12.5. The minimum Gasteiger partial charge on any atom is -0.504 e. The number of tetrazole rings is 1. The summed E-state index contributed by atoms with van der Waals surface area (Å²) in [6.07, 6.45) is 0. The van der Waals surface area contributed by atoms with Crippen LogP contribution in [0, 0.1) is 0 Å². The Morgan fingerprint density at radius 2 is 2.25 bits per heavy atom. The normalized spacial score (nSPS) is 16.4. The van der Waals surface area contributed by atoms with Crippen LogP contribution in [-0.4, -0.2) is 45.0 Å². The van der Waals surface area contributed by atoms with Crippen molar-refractivity contribution in [2.24, 2.45) is 0 Å². The molecule has 24 heavy (non-hydrogen) atoms. The van der Waals surface area contributed by atoms with Crippen molar-refractivity contribution in [3.05, 3.63) is 35.0 Å². The van der Waals surface area contributed by atoms with Gasteiger partial charge in [0.25, 0.3) is 0 Å². The second-order valence-electron chi connectivity index (χ2n) is 5.17. The molecule has 1 aromatic carbocycles. The van der Waals surface area contributed by atoms with Crippen LogP contribution in [0.4, 0.5) is 5.95 Å². The third-order valence-corrected chi connectivity index (χ3v) is 3.73. The minimum atomic E-state index is -0.593. The summed E-state index contributed by atoms with van der Waals surface area (Å²) in [4.78, 5) is 12.5. The number of hydrogen-bond donors (Lipinski definition) is 2. The molecule has 2 aromatic rings. The molecule has 126 valence electrons. The highest BCUT2D eigenvalue weighted by Crippen LogP contribution is 2.38. The Morgan fingerprint density at radius 1 is 1.46 bits per heavy atom. The number of carbonyl (C=O) groups is 1. The highest BCUT2D eigenvalue weighted by molar-refractivity contribution is 5.92. The molecule has 0 saturated carbocycles. The van der Waals surface area contributed by atoms with Crippen molar-refractivity contribution in [3.63, 3.8) is 0 Å². The van der Waals surface area contributed by atoms with Crippen molar-refractivity contribution in [3.8, 4) is 11.5 Å². The van der Waals surface area contributed by atoms with E-state index in [0.29, 0.717) is 28.5 Å². The molecule has 0 aliphatic carbocycles. The number of aromatic hydroxyl groups is 1. The lowest BCUT2D eigenvalue weighted by molar-refractivity contribution is -0.139. The molecule has 3 rings (SSSR count). The third-order valence-electron chi connectivity index (χ3n) is 3.73. The second-order valence-corrected chi connectivity index (χ2v) is 5.17. The van der Waals surface area contributed by atoms with Crippen molar-refractivity contribution in [1.82, 2.24) is 20.2 Å². The molecular weight excluding hydrogens is 314 g/mol. The van der Waals surface area contributed by atoms with E-state index >= 15 is 0 Å². The number of nitrogens with zero attached hydrogens (tertiary/aromatic N) is 4. The van der Waals surface area contributed by atoms with Gasteiger partial charge in [-0.1, -0.05) is 11.2 Å². The number of anilines is 1. The number of benzene rings is 1. The lowest BCUT2D eigenvalue weighted by atomic mass is 9.95. The molecule has 0 amide bonds. The van der Waals surface area contributed by atoms with Gasteiger partial charge in [-0.2, -0.15) is 4.68 Å². The van der Waals surface area contributed by atoms with Crippen LogP contribution < -0.4 is 10.1 Å². The standard InChI is InChI=1S/C15H17N5O4/c1-4-24-14(22)12-8(2)16-15-17-18-19-20(15)13(12)9-5-6-10(21)11(7-9)23-3/h5-7,13,21H,4H2,1-3H3,(H,16,17,19)/t13-/m0/s1. The van der Waals surface area contributed by atoms with Gasteiger partial charge in [-0.25, -0.2) is 4.79 Å². The lowest BCUT2D eigenvalue weighted by Crippen LogP contribution is -2.29. The summed E-state index contributed by atoms with van der Waals surface area (Å²) in [5, 5.41) is 24.3. The number of allylic oxidation sites excluding steroid dienone is 1. The molecule has 0 unspecified atom stereocenters. The fraction of sp³-hybridized carbons (Fsp3) is 0.333. The van der Waals surface area contributed by atoms with Crippen molar-refractivity contribution >= 4 is 11.9 Å². The molecule has 2 N–H and O–H groups in total. The summed E-state index contributed by atoms with van der Waals surface area (Å²) in [6.45, 7) is 3.75. The Morgan fingerprint density at radius 3 is 2.96 bits per heavy atom. The maximum atomic E-state index is 12.5. The first-order valence-corrected chi connectivity index (χ1v) is 7.36. The predicted octanol–water partition coefficient (Wildman–Crippen LogP) is 1.24. The van der Waals surface area contributed by atoms with Gasteiger partial charge in [0.15, 0.2) is 11.5 Å². The molecule has 1 atom stereocenters. The Kier molecular flexibility index (Phi) is 4.07. The van der Waals surface area contributed by atoms with Crippen LogP contribution in [0.15, 0.2) is 29.5 Å². The first-order valence-electron chi connectivity index (χ1n) is 7.36. The Hall–Kier alpha value is -3.10. The van der Waals surface area contributed by atoms with Crippen LogP contribution in [0.1, 0.15) is 25.5 Å². The molecule has 2 heterocycles. The van der Waals surface area contributed by atoms with Gasteiger partial charge in [-0.15, -0.1) is 0 Å². The molecule has 1 aromatic heterocycles. The second kappa shape index (κ2) is 6.19. The van der Waals surface area contributed by atoms with Gasteiger partial charge in [-0.05, 0) is 42.0 Å². The number of ether oxygens (including phenoxy) is 2. The molecule has 1 aliphatic heterocycles. The number of phenols is 1. The van der Waals surface area contributed by atoms with Crippen LogP contribution in [0.5, 0.6) is 11.5 Å². The van der Waals surface area contributed by atoms with Crippen LogP contribution in [0.25, 0.3) is 0 Å². The number of esters is 1. The van der Waals surface area contributed by atoms with Crippen LogP contribution in [0.3, 0.4) is 0 Å². The molecule has 0 spiro atoms. The fourth-order valence-electron chi connectivity index (χ4n) is 2.66. The highest BCUT2D eigenvalue weighted by atomic mass is 16.5. The van der Waals surface area contributed by atoms with E-state index in [2.05, 4.69) is 20.8 Å². The fourth-order valence-corrected chi connectivity index (χ4v) is 2.66. The van der Waals surface area contributed by atoms with E-state index in [1.165, 1.54) is 17.9 Å². The van der Waals surface area contributed by atoms with E-state index in [1.54, 1.807) is 26.0 Å². The minimum absolute atomic E-state index is 0.00510. The van der Waals surface area contributed by atoms with Gasteiger partial charge < -0.3 is 19.9 Å². The summed E-state index contributed by atoms with van der Waals surface area (Å²) >= 11 is 0. The highest BCUT2D eigenvalue weighted by Gasteiger charge is 2.35. The number of rotatable bonds is 4. The SMILES string of the molecule is CCOC(=O)C1=C(C)Nc2nnnn2[C@H]1c1ccc(O)c(OC)c1. The van der Waals surface area contributed by atoms with E-state index in [4.69, 9.17) is 9.47 Å². The van der Waals surface area contributed by atoms with E-state index in [-0.39, 0.29) is 12.4 Å². The number of phenolic OH excluding ortho intramolecular Hbond substituents is 1. The number of nitrogens with one attached hydrogen (secondary N) is 1. The molecule has 0 fully saturated rings. The molecule has 0 bridgehead atoms. The zero-order valence-corrected chi connectivity index (χ0v) is 13.5. The van der Waals surface area contributed by atoms with Crippen molar-refractivity contribution in [2.45, 2.75) is 19.9 Å². The van der Waals surface area contributed by atoms with Crippen molar-refractivity contribution < 1.29 is 19.4 Å². The molecule has 9 heteroatoms. The number of hydrogen-bond acceptors (Lipinski definition) is 8. The zero-order valence-electron chi connectivity index (χ0n) is 13.5. The summed E-state index contributed by atoms with van der Waals surface area (Å²) in [6, 6.07) is 4.23. The number of carbonyl (C=O) groups excluding carboxylic acids is 1. The van der Waals surface area contributed by atoms with Gasteiger partial charge in [0.05, 0.1) is 19.3 Å². The van der Waals surface area contributed by atoms with Gasteiger partial charge >= 0.3 is 5.97 Å². The zero-order chi connectivity index (χ0) is 17.3. The smallest absolute Gasteiger partial charge is 0.338 e. The van der Waals surface area contributed by atoms with Gasteiger partial charge in [0.1, 0.15) is 6.04 Å². The molecule has 9 nitrogen and oxygen atoms in total. The third kappa shape index (κ3) is 2.53. The Labute approximate surface area is 137 Å². The molecule has 0 saturated heterocycles. The van der Waals surface area contributed by atoms with Gasteiger partial charge in [0.2, 0.25) is 5.95 Å². The predicted molar refractivity (Wildman–Crippen MR) is 83.6 cm³/mol. The van der Waals surface area contributed by atoms with Crippen LogP contribution in [0.2, 0.25) is 0 Å². The van der Waals surface area contributed by atoms with Crippen molar-refractivity contribution in [1.29, 1.82) is 0 Å². The first-order chi connectivity index (χ1) is 11.6. The number of fused-ring (bicyclic) bond motifs is 1. The van der Waals surface area contributed by atoms with E-state index in [1.807, 2.05) is 0 Å². The Balaban J connectivity index is 2.16. The maximum Gasteiger partial charge on any atom is 0.338 e. The quantitative estimate of drug-likeness (QED) is 0.805. The van der Waals surface area contributed by atoms with E-state index in [9.17, 15) is 9.90 Å². The molecular formula is C15H17N5O4. The van der Waals surface area contributed by atoms with Gasteiger partial charge in [0, 0.05) is 5.70 Å². The van der Waals surface area contributed by atoms with Crippen LogP contribution in [-0.2, 0) is 9.53 Å².